The summed E-state index contributed by atoms with van der Waals surface area (Å²) < 4.78 is 0. The van der Waals surface area contributed by atoms with Gasteiger partial charge in [-0.15, -0.1) is 0 Å². The van der Waals surface area contributed by atoms with Gasteiger partial charge in [0.15, 0.2) is 0 Å². The highest BCUT2D eigenvalue weighted by Gasteiger charge is 2.42. The van der Waals surface area contributed by atoms with Crippen LogP contribution in [0.4, 0.5) is 0 Å². The highest BCUT2D eigenvalue weighted by Crippen LogP contribution is 2.42. The van der Waals surface area contributed by atoms with Crippen molar-refractivity contribution in [1.82, 2.24) is 25.1 Å². The fraction of sp³-hybridized carbons (Fsp3) is 0.115. The van der Waals surface area contributed by atoms with Crippen molar-refractivity contribution in [1.29, 1.82) is 0 Å². The fourth-order valence-electron chi connectivity index (χ4n) is 4.68. The minimum absolute atomic E-state index is 0.0618. The SMILES string of the molecule is O=C1c2[nH]nc(-c3ccc(Cl)cc3)c2C(c2ccccn2)N1CCc1c[nH]c2ccccc12. The highest BCUT2D eigenvalue weighted by molar-refractivity contribution is 6.30. The molecule has 6 nitrogen and oxygen atoms in total. The molecule has 1 unspecified atom stereocenters. The maximum Gasteiger partial charge on any atom is 0.273 e. The maximum atomic E-state index is 13.5. The van der Waals surface area contributed by atoms with Crippen LogP contribution in [0.1, 0.15) is 33.4 Å². The number of fused-ring (bicyclic) bond motifs is 2. The Balaban J connectivity index is 1.40. The third-order valence-corrected chi connectivity index (χ3v) is 6.50. The number of carbonyl (C=O) groups is 1. The predicted octanol–water partition coefficient (Wildman–Crippen LogP) is 5.39. The molecule has 162 valence electrons. The zero-order valence-electron chi connectivity index (χ0n) is 17.6. The Labute approximate surface area is 195 Å². The first-order valence-corrected chi connectivity index (χ1v) is 11.2. The Morgan fingerprint density at radius 2 is 1.82 bits per heavy atom. The number of benzene rings is 2. The number of H-pyrrole nitrogens is 2. The van der Waals surface area contributed by atoms with E-state index in [0.717, 1.165) is 34.5 Å². The van der Waals surface area contributed by atoms with Crippen LogP contribution in [-0.2, 0) is 6.42 Å². The summed E-state index contributed by atoms with van der Waals surface area (Å²) in [6.07, 6.45) is 4.52. The van der Waals surface area contributed by atoms with Gasteiger partial charge in [0.2, 0.25) is 0 Å². The van der Waals surface area contributed by atoms with Crippen LogP contribution in [0.2, 0.25) is 5.02 Å². The largest absolute Gasteiger partial charge is 0.361 e. The smallest absolute Gasteiger partial charge is 0.273 e. The summed E-state index contributed by atoms with van der Waals surface area (Å²) in [7, 11) is 0. The number of pyridine rings is 1. The van der Waals surface area contributed by atoms with Crippen molar-refractivity contribution < 1.29 is 4.79 Å². The number of halogens is 1. The van der Waals surface area contributed by atoms with Crippen molar-refractivity contribution in [3.63, 3.8) is 0 Å². The average molecular weight is 454 g/mol. The number of rotatable bonds is 5. The summed E-state index contributed by atoms with van der Waals surface area (Å²) in [5.41, 5.74) is 6.14. The molecular formula is C26H20ClN5O. The molecule has 2 N–H and O–H groups in total. The molecule has 1 amide bonds. The van der Waals surface area contributed by atoms with Crippen LogP contribution >= 0.6 is 11.6 Å². The molecule has 6 rings (SSSR count). The van der Waals surface area contributed by atoms with E-state index in [1.165, 1.54) is 10.9 Å². The fourth-order valence-corrected chi connectivity index (χ4v) is 4.81. The Bertz CT molecular complexity index is 1460. The van der Waals surface area contributed by atoms with Crippen LogP contribution in [0.5, 0.6) is 0 Å². The molecule has 0 aliphatic carbocycles. The van der Waals surface area contributed by atoms with Crippen molar-refractivity contribution in [3.05, 3.63) is 107 Å². The van der Waals surface area contributed by atoms with E-state index in [0.29, 0.717) is 17.3 Å². The molecule has 1 aliphatic heterocycles. The van der Waals surface area contributed by atoms with Crippen LogP contribution in [0.3, 0.4) is 0 Å². The van der Waals surface area contributed by atoms with Gasteiger partial charge in [-0.1, -0.05) is 48.0 Å². The molecular weight excluding hydrogens is 434 g/mol. The summed E-state index contributed by atoms with van der Waals surface area (Å²) in [5, 5.41) is 9.33. The third kappa shape index (κ3) is 3.31. The molecule has 0 saturated carbocycles. The van der Waals surface area contributed by atoms with Crippen LogP contribution < -0.4 is 0 Å². The molecule has 33 heavy (non-hydrogen) atoms. The van der Waals surface area contributed by atoms with Gasteiger partial charge in [0.1, 0.15) is 11.7 Å². The van der Waals surface area contributed by atoms with Crippen molar-refractivity contribution >= 4 is 28.4 Å². The van der Waals surface area contributed by atoms with E-state index < -0.39 is 0 Å². The second kappa shape index (κ2) is 7.90. The number of nitrogens with zero attached hydrogens (tertiary/aromatic N) is 3. The molecule has 0 saturated heterocycles. The van der Waals surface area contributed by atoms with Crippen LogP contribution in [-0.4, -0.2) is 37.5 Å². The molecule has 2 aromatic carbocycles. The first-order chi connectivity index (χ1) is 16.2. The number of hydrogen-bond acceptors (Lipinski definition) is 3. The van der Waals surface area contributed by atoms with Gasteiger partial charge >= 0.3 is 0 Å². The van der Waals surface area contributed by atoms with E-state index in [1.807, 2.05) is 65.7 Å². The van der Waals surface area contributed by atoms with E-state index >= 15 is 0 Å². The molecule has 3 aromatic heterocycles. The van der Waals surface area contributed by atoms with Gasteiger partial charge in [-0.05, 0) is 42.3 Å². The Kier molecular flexibility index (Phi) is 4.73. The standard InChI is InChI=1S/C26H20ClN5O/c27-18-10-8-16(9-11-18)23-22-24(31-30-23)26(33)32(25(22)21-7-3-4-13-28-21)14-12-17-15-29-20-6-2-1-5-19(17)20/h1-11,13,15,25,29H,12,14H2,(H,30,31). The number of aromatic amines is 2. The highest BCUT2D eigenvalue weighted by atomic mass is 35.5. The number of amides is 1. The number of aromatic nitrogens is 4. The van der Waals surface area contributed by atoms with Gasteiger partial charge in [-0.25, -0.2) is 0 Å². The van der Waals surface area contributed by atoms with Crippen molar-refractivity contribution in [2.24, 2.45) is 0 Å². The summed E-state index contributed by atoms with van der Waals surface area (Å²) in [6.45, 7) is 0.560. The van der Waals surface area contributed by atoms with Crippen LogP contribution in [0, 0.1) is 0 Å². The Morgan fingerprint density at radius 1 is 1.00 bits per heavy atom. The monoisotopic (exact) mass is 453 g/mol. The average Bonchev–Trinajstić information content (AvgIpc) is 3.53. The lowest BCUT2D eigenvalue weighted by Gasteiger charge is -2.25. The van der Waals surface area contributed by atoms with Gasteiger partial charge in [0.25, 0.3) is 5.91 Å². The molecule has 7 heteroatoms. The van der Waals surface area contributed by atoms with E-state index in [-0.39, 0.29) is 11.9 Å². The van der Waals surface area contributed by atoms with Crippen molar-refractivity contribution in [2.45, 2.75) is 12.5 Å². The first-order valence-electron chi connectivity index (χ1n) is 10.8. The second-order valence-electron chi connectivity index (χ2n) is 8.13. The predicted molar refractivity (Wildman–Crippen MR) is 128 cm³/mol. The minimum atomic E-state index is -0.316. The Morgan fingerprint density at radius 3 is 2.64 bits per heavy atom. The second-order valence-corrected chi connectivity index (χ2v) is 8.57. The van der Waals surface area contributed by atoms with E-state index in [4.69, 9.17) is 11.6 Å². The molecule has 5 aromatic rings. The van der Waals surface area contributed by atoms with Gasteiger partial charge in [0, 0.05) is 46.0 Å². The number of hydrogen-bond donors (Lipinski definition) is 2. The van der Waals surface area contributed by atoms with Crippen LogP contribution in [0.25, 0.3) is 22.2 Å². The zero-order valence-corrected chi connectivity index (χ0v) is 18.4. The topological polar surface area (TPSA) is 77.7 Å². The molecule has 0 bridgehead atoms. The van der Waals surface area contributed by atoms with E-state index in [1.54, 1.807) is 6.20 Å². The number of para-hydroxylation sites is 1. The molecule has 1 aliphatic rings. The molecule has 4 heterocycles. The zero-order chi connectivity index (χ0) is 22.4. The van der Waals surface area contributed by atoms with E-state index in [2.05, 4.69) is 32.3 Å². The first kappa shape index (κ1) is 19.8. The summed E-state index contributed by atoms with van der Waals surface area (Å²) in [6, 6.07) is 21.2. The summed E-state index contributed by atoms with van der Waals surface area (Å²) in [5.74, 6) is -0.0618. The van der Waals surface area contributed by atoms with Gasteiger partial charge in [0.05, 0.1) is 11.4 Å². The van der Waals surface area contributed by atoms with E-state index in [9.17, 15) is 4.79 Å². The summed E-state index contributed by atoms with van der Waals surface area (Å²) >= 11 is 6.09. The Hall–Kier alpha value is -3.90. The van der Waals surface area contributed by atoms with Gasteiger partial charge in [-0.2, -0.15) is 5.10 Å². The summed E-state index contributed by atoms with van der Waals surface area (Å²) in [4.78, 5) is 23.3. The molecule has 0 fully saturated rings. The minimum Gasteiger partial charge on any atom is -0.361 e. The van der Waals surface area contributed by atoms with Crippen LogP contribution in [0.15, 0.2) is 79.1 Å². The lowest BCUT2D eigenvalue weighted by Crippen LogP contribution is -2.32. The maximum absolute atomic E-state index is 13.5. The lowest BCUT2D eigenvalue weighted by atomic mass is 9.99. The normalized spacial score (nSPS) is 15.4. The number of carbonyl (C=O) groups excluding carboxylic acids is 1. The quantitative estimate of drug-likeness (QED) is 0.374. The lowest BCUT2D eigenvalue weighted by molar-refractivity contribution is 0.0743. The van der Waals surface area contributed by atoms with Crippen molar-refractivity contribution in [3.8, 4) is 11.3 Å². The van der Waals surface area contributed by atoms with Gasteiger partial charge in [-0.3, -0.25) is 14.9 Å². The molecule has 0 radical (unpaired) electrons. The number of nitrogens with one attached hydrogen (secondary N) is 2. The van der Waals surface area contributed by atoms with Gasteiger partial charge < -0.3 is 9.88 Å². The van der Waals surface area contributed by atoms with Crippen molar-refractivity contribution in [2.75, 3.05) is 6.54 Å². The molecule has 0 spiro atoms. The third-order valence-electron chi connectivity index (χ3n) is 6.25. The molecule has 1 atom stereocenters.